The average molecular weight is 157 g/mol. The molecule has 1 rings (SSSR count). The van der Waals surface area contributed by atoms with Crippen LogP contribution >= 0.6 is 0 Å². The number of aliphatic hydroxyl groups excluding tert-OH is 1. The van der Waals surface area contributed by atoms with Crippen LogP contribution < -0.4 is 0 Å². The summed E-state index contributed by atoms with van der Waals surface area (Å²) in [5, 5.41) is 9.15. The van der Waals surface area contributed by atoms with Crippen molar-refractivity contribution in [2.24, 2.45) is 5.92 Å². The second kappa shape index (κ2) is 4.07. The molecule has 1 aliphatic rings. The largest absolute Gasteiger partial charge is 0.392 e. The average Bonchev–Trinajstić information content (AvgIpc) is 2.69. The SMILES string of the molecule is CCN(CC1CC1)C[C@@H](C)O. The van der Waals surface area contributed by atoms with Crippen molar-refractivity contribution < 1.29 is 5.11 Å². The first-order chi connectivity index (χ1) is 5.22. The predicted molar refractivity (Wildman–Crippen MR) is 46.5 cm³/mol. The first-order valence-electron chi connectivity index (χ1n) is 4.62. The Morgan fingerprint density at radius 2 is 2.18 bits per heavy atom. The number of aliphatic hydroxyl groups is 1. The molecule has 2 heteroatoms. The van der Waals surface area contributed by atoms with Crippen molar-refractivity contribution in [3.63, 3.8) is 0 Å². The van der Waals surface area contributed by atoms with Gasteiger partial charge >= 0.3 is 0 Å². The smallest absolute Gasteiger partial charge is 0.0639 e. The molecule has 0 amide bonds. The summed E-state index contributed by atoms with van der Waals surface area (Å²) in [6.07, 6.45) is 2.63. The standard InChI is InChI=1S/C9H19NO/c1-3-10(6-8(2)11)7-9-4-5-9/h8-9,11H,3-7H2,1-2H3/t8-/m1/s1. The van der Waals surface area contributed by atoms with E-state index in [4.69, 9.17) is 5.11 Å². The number of rotatable bonds is 5. The van der Waals surface area contributed by atoms with Gasteiger partial charge in [0.05, 0.1) is 6.10 Å². The van der Waals surface area contributed by atoms with Crippen molar-refractivity contribution in [1.82, 2.24) is 4.90 Å². The van der Waals surface area contributed by atoms with Gasteiger partial charge in [0.15, 0.2) is 0 Å². The lowest BCUT2D eigenvalue weighted by molar-refractivity contribution is 0.127. The van der Waals surface area contributed by atoms with E-state index in [0.29, 0.717) is 0 Å². The lowest BCUT2D eigenvalue weighted by atomic mass is 10.3. The second-order valence-electron chi connectivity index (χ2n) is 3.64. The molecule has 0 saturated heterocycles. The molecule has 1 saturated carbocycles. The molecule has 66 valence electrons. The van der Waals surface area contributed by atoms with Crippen molar-refractivity contribution in [3.8, 4) is 0 Å². The van der Waals surface area contributed by atoms with E-state index in [1.54, 1.807) is 0 Å². The Hall–Kier alpha value is -0.0800. The van der Waals surface area contributed by atoms with Gasteiger partial charge in [0.2, 0.25) is 0 Å². The van der Waals surface area contributed by atoms with Gasteiger partial charge in [-0.15, -0.1) is 0 Å². The highest BCUT2D eigenvalue weighted by molar-refractivity contribution is 4.77. The Balaban J connectivity index is 2.12. The van der Waals surface area contributed by atoms with Gasteiger partial charge < -0.3 is 10.0 Å². The Bertz CT molecular complexity index is 106. The minimum atomic E-state index is -0.173. The van der Waals surface area contributed by atoms with Crippen molar-refractivity contribution in [3.05, 3.63) is 0 Å². The van der Waals surface area contributed by atoms with Gasteiger partial charge in [-0.25, -0.2) is 0 Å². The summed E-state index contributed by atoms with van der Waals surface area (Å²) in [5.74, 6) is 0.939. The van der Waals surface area contributed by atoms with Gasteiger partial charge in [0.1, 0.15) is 0 Å². The van der Waals surface area contributed by atoms with Gasteiger partial charge in [-0.05, 0) is 32.2 Å². The highest BCUT2D eigenvalue weighted by atomic mass is 16.3. The fourth-order valence-corrected chi connectivity index (χ4v) is 1.37. The summed E-state index contributed by atoms with van der Waals surface area (Å²) < 4.78 is 0. The monoisotopic (exact) mass is 157 g/mol. The number of hydrogen-bond acceptors (Lipinski definition) is 2. The minimum absolute atomic E-state index is 0.173. The highest BCUT2D eigenvalue weighted by Crippen LogP contribution is 2.29. The molecular weight excluding hydrogens is 138 g/mol. The molecule has 0 aromatic carbocycles. The summed E-state index contributed by atoms with van der Waals surface area (Å²) in [6, 6.07) is 0. The van der Waals surface area contributed by atoms with Crippen molar-refractivity contribution in [2.45, 2.75) is 32.8 Å². The zero-order chi connectivity index (χ0) is 8.27. The molecular formula is C9H19NO. The Morgan fingerprint density at radius 1 is 1.55 bits per heavy atom. The van der Waals surface area contributed by atoms with Crippen LogP contribution in [-0.4, -0.2) is 35.7 Å². The van der Waals surface area contributed by atoms with E-state index in [-0.39, 0.29) is 6.10 Å². The predicted octanol–water partition coefficient (Wildman–Crippen LogP) is 1.10. The molecule has 2 nitrogen and oxygen atoms in total. The van der Waals surface area contributed by atoms with E-state index in [0.717, 1.165) is 19.0 Å². The maximum atomic E-state index is 9.15. The fraction of sp³-hybridized carbons (Fsp3) is 1.00. The first kappa shape index (κ1) is 9.01. The van der Waals surface area contributed by atoms with Crippen molar-refractivity contribution >= 4 is 0 Å². The van der Waals surface area contributed by atoms with Crippen LogP contribution in [0.2, 0.25) is 0 Å². The number of nitrogens with zero attached hydrogens (tertiary/aromatic N) is 1. The molecule has 1 atom stereocenters. The van der Waals surface area contributed by atoms with Crippen LogP contribution in [0.25, 0.3) is 0 Å². The number of hydrogen-bond donors (Lipinski definition) is 1. The summed E-state index contributed by atoms with van der Waals surface area (Å²) >= 11 is 0. The van der Waals surface area contributed by atoms with Gasteiger partial charge in [-0.2, -0.15) is 0 Å². The van der Waals surface area contributed by atoms with Crippen LogP contribution in [0.3, 0.4) is 0 Å². The summed E-state index contributed by atoms with van der Waals surface area (Å²) in [6.45, 7) is 7.12. The molecule has 0 unspecified atom stereocenters. The second-order valence-corrected chi connectivity index (χ2v) is 3.64. The molecule has 0 radical (unpaired) electrons. The molecule has 0 aliphatic heterocycles. The Morgan fingerprint density at radius 3 is 2.55 bits per heavy atom. The van der Waals surface area contributed by atoms with Crippen LogP contribution in [0, 0.1) is 5.92 Å². The minimum Gasteiger partial charge on any atom is -0.392 e. The fourth-order valence-electron chi connectivity index (χ4n) is 1.37. The van der Waals surface area contributed by atoms with E-state index in [9.17, 15) is 0 Å². The molecule has 1 N–H and O–H groups in total. The number of likely N-dealkylation sites (N-methyl/N-ethyl adjacent to an activating group) is 1. The molecule has 1 fully saturated rings. The van der Waals surface area contributed by atoms with Crippen molar-refractivity contribution in [1.29, 1.82) is 0 Å². The molecule has 11 heavy (non-hydrogen) atoms. The van der Waals surface area contributed by atoms with E-state index >= 15 is 0 Å². The maximum absolute atomic E-state index is 9.15. The topological polar surface area (TPSA) is 23.5 Å². The van der Waals surface area contributed by atoms with Crippen LogP contribution in [0.5, 0.6) is 0 Å². The zero-order valence-corrected chi connectivity index (χ0v) is 7.58. The third kappa shape index (κ3) is 3.73. The van der Waals surface area contributed by atoms with Crippen molar-refractivity contribution in [2.75, 3.05) is 19.6 Å². The summed E-state index contributed by atoms with van der Waals surface area (Å²) in [7, 11) is 0. The lowest BCUT2D eigenvalue weighted by Gasteiger charge is -2.21. The maximum Gasteiger partial charge on any atom is 0.0639 e. The Labute approximate surface area is 69.2 Å². The quantitative estimate of drug-likeness (QED) is 0.646. The van der Waals surface area contributed by atoms with E-state index < -0.39 is 0 Å². The molecule has 0 heterocycles. The van der Waals surface area contributed by atoms with Gasteiger partial charge in [-0.3, -0.25) is 0 Å². The zero-order valence-electron chi connectivity index (χ0n) is 7.58. The molecule has 1 aliphatic carbocycles. The van der Waals surface area contributed by atoms with Crippen LogP contribution in [-0.2, 0) is 0 Å². The van der Waals surface area contributed by atoms with E-state index in [1.807, 2.05) is 6.92 Å². The van der Waals surface area contributed by atoms with Crippen LogP contribution in [0.4, 0.5) is 0 Å². The third-order valence-electron chi connectivity index (χ3n) is 2.18. The molecule has 0 bridgehead atoms. The van der Waals surface area contributed by atoms with E-state index in [1.165, 1.54) is 19.4 Å². The lowest BCUT2D eigenvalue weighted by Crippen LogP contribution is -2.32. The van der Waals surface area contributed by atoms with Crippen LogP contribution in [0.1, 0.15) is 26.7 Å². The van der Waals surface area contributed by atoms with Gasteiger partial charge in [0.25, 0.3) is 0 Å². The first-order valence-corrected chi connectivity index (χ1v) is 4.62. The summed E-state index contributed by atoms with van der Waals surface area (Å²) in [4.78, 5) is 2.34. The van der Waals surface area contributed by atoms with Crippen LogP contribution in [0.15, 0.2) is 0 Å². The molecule has 0 spiro atoms. The third-order valence-corrected chi connectivity index (χ3v) is 2.18. The highest BCUT2D eigenvalue weighted by Gasteiger charge is 2.23. The molecule has 0 aromatic heterocycles. The van der Waals surface area contributed by atoms with Gasteiger partial charge in [0, 0.05) is 13.1 Å². The summed E-state index contributed by atoms with van der Waals surface area (Å²) in [5.41, 5.74) is 0. The van der Waals surface area contributed by atoms with Gasteiger partial charge in [-0.1, -0.05) is 6.92 Å². The molecule has 0 aromatic rings. The van der Waals surface area contributed by atoms with E-state index in [2.05, 4.69) is 11.8 Å². The Kier molecular flexibility index (Phi) is 3.34. The normalized spacial score (nSPS) is 20.7.